The minimum Gasteiger partial charge on any atom is -0.469 e. The van der Waals surface area contributed by atoms with Crippen LogP contribution in [0.25, 0.3) is 0 Å². The normalized spacial score (nSPS) is 23.9. The molecule has 1 fully saturated rings. The molecule has 2 rings (SSSR count). The first-order valence-electron chi connectivity index (χ1n) is 6.19. The van der Waals surface area contributed by atoms with Gasteiger partial charge in [-0.05, 0) is 32.9 Å². The third kappa shape index (κ3) is 3.26. The molecule has 5 nitrogen and oxygen atoms in total. The molecule has 100 valence electrons. The lowest BCUT2D eigenvalue weighted by Gasteiger charge is -2.23. The average molecular weight is 252 g/mol. The zero-order chi connectivity index (χ0) is 13.2. The Balaban J connectivity index is 1.94. The van der Waals surface area contributed by atoms with Crippen LogP contribution in [0.4, 0.5) is 4.79 Å². The van der Waals surface area contributed by atoms with Gasteiger partial charge in [0.15, 0.2) is 0 Å². The van der Waals surface area contributed by atoms with Gasteiger partial charge in [-0.1, -0.05) is 0 Å². The molecule has 5 heteroatoms. The summed E-state index contributed by atoms with van der Waals surface area (Å²) in [4.78, 5) is 11.7. The van der Waals surface area contributed by atoms with E-state index < -0.39 is 5.60 Å². The van der Waals surface area contributed by atoms with Crippen LogP contribution in [0.5, 0.6) is 0 Å². The Kier molecular flexibility index (Phi) is 3.61. The highest BCUT2D eigenvalue weighted by Gasteiger charge is 2.32. The first-order valence-corrected chi connectivity index (χ1v) is 6.19. The maximum atomic E-state index is 11.7. The van der Waals surface area contributed by atoms with Gasteiger partial charge in [0.2, 0.25) is 0 Å². The van der Waals surface area contributed by atoms with Crippen molar-refractivity contribution in [1.29, 1.82) is 0 Å². The number of carbonyl (C=O) groups is 1. The van der Waals surface area contributed by atoms with Gasteiger partial charge in [-0.3, -0.25) is 0 Å². The second kappa shape index (κ2) is 5.02. The van der Waals surface area contributed by atoms with Crippen molar-refractivity contribution in [2.45, 2.75) is 38.3 Å². The van der Waals surface area contributed by atoms with Crippen molar-refractivity contribution in [1.82, 2.24) is 10.6 Å². The summed E-state index contributed by atoms with van der Waals surface area (Å²) in [6.45, 7) is 7.08. The Labute approximate surface area is 107 Å². The standard InChI is InChI=1S/C13H20N2O3/c1-13(2,3)18-12(16)15-10-8-14-7-9(10)11-5-4-6-17-11/h4-6,9-10,14H,7-8H2,1-3H3,(H,15,16)/t9-,10-/m0/s1. The molecular weight excluding hydrogens is 232 g/mol. The van der Waals surface area contributed by atoms with Crippen LogP contribution in [0.2, 0.25) is 0 Å². The summed E-state index contributed by atoms with van der Waals surface area (Å²) in [5.74, 6) is 1.05. The van der Waals surface area contributed by atoms with E-state index >= 15 is 0 Å². The average Bonchev–Trinajstić information content (AvgIpc) is 2.82. The van der Waals surface area contributed by atoms with Crippen molar-refractivity contribution in [3.8, 4) is 0 Å². The molecule has 1 aromatic rings. The van der Waals surface area contributed by atoms with Crippen LogP contribution in [-0.4, -0.2) is 30.8 Å². The number of nitrogens with one attached hydrogen (secondary N) is 2. The van der Waals surface area contributed by atoms with Crippen LogP contribution in [0.1, 0.15) is 32.4 Å². The van der Waals surface area contributed by atoms with Crippen molar-refractivity contribution in [3.63, 3.8) is 0 Å². The van der Waals surface area contributed by atoms with Crippen molar-refractivity contribution in [2.24, 2.45) is 0 Å². The Morgan fingerprint density at radius 2 is 2.28 bits per heavy atom. The lowest BCUT2D eigenvalue weighted by Crippen LogP contribution is -2.42. The molecule has 0 radical (unpaired) electrons. The molecule has 2 N–H and O–H groups in total. The molecule has 2 heterocycles. The molecule has 0 unspecified atom stereocenters. The molecular formula is C13H20N2O3. The monoisotopic (exact) mass is 252 g/mol. The molecule has 1 aliphatic heterocycles. The fraction of sp³-hybridized carbons (Fsp3) is 0.615. The molecule has 0 bridgehead atoms. The molecule has 1 amide bonds. The van der Waals surface area contributed by atoms with E-state index in [1.807, 2.05) is 32.9 Å². The zero-order valence-corrected chi connectivity index (χ0v) is 11.0. The van der Waals surface area contributed by atoms with E-state index in [0.717, 1.165) is 18.8 Å². The molecule has 1 aliphatic rings. The number of hydrogen-bond acceptors (Lipinski definition) is 4. The first kappa shape index (κ1) is 13.0. The number of carbonyl (C=O) groups excluding carboxylic acids is 1. The predicted molar refractivity (Wildman–Crippen MR) is 67.5 cm³/mol. The lowest BCUT2D eigenvalue weighted by atomic mass is 10.0. The van der Waals surface area contributed by atoms with E-state index in [4.69, 9.17) is 9.15 Å². The highest BCUT2D eigenvalue weighted by molar-refractivity contribution is 5.68. The van der Waals surface area contributed by atoms with Crippen molar-refractivity contribution < 1.29 is 13.9 Å². The van der Waals surface area contributed by atoms with Gasteiger partial charge in [0, 0.05) is 13.1 Å². The molecule has 0 spiro atoms. The summed E-state index contributed by atoms with van der Waals surface area (Å²) in [5, 5.41) is 6.14. The van der Waals surface area contributed by atoms with Crippen LogP contribution in [0.15, 0.2) is 22.8 Å². The first-order chi connectivity index (χ1) is 8.46. The number of alkyl carbamates (subject to hydrolysis) is 1. The van der Waals surface area contributed by atoms with Crippen LogP contribution >= 0.6 is 0 Å². The fourth-order valence-electron chi connectivity index (χ4n) is 2.09. The van der Waals surface area contributed by atoms with E-state index in [0.29, 0.717) is 0 Å². The Hall–Kier alpha value is -1.49. The topological polar surface area (TPSA) is 63.5 Å². The highest BCUT2D eigenvalue weighted by Crippen LogP contribution is 2.23. The minimum atomic E-state index is -0.476. The van der Waals surface area contributed by atoms with Crippen LogP contribution in [0.3, 0.4) is 0 Å². The van der Waals surface area contributed by atoms with Gasteiger partial charge in [0.1, 0.15) is 11.4 Å². The van der Waals surface area contributed by atoms with Gasteiger partial charge in [0.25, 0.3) is 0 Å². The number of ether oxygens (including phenoxy) is 1. The Morgan fingerprint density at radius 3 is 2.89 bits per heavy atom. The smallest absolute Gasteiger partial charge is 0.407 e. The fourth-order valence-corrected chi connectivity index (χ4v) is 2.09. The predicted octanol–water partition coefficient (Wildman–Crippen LogP) is 1.86. The van der Waals surface area contributed by atoms with E-state index in [9.17, 15) is 4.79 Å². The summed E-state index contributed by atoms with van der Waals surface area (Å²) >= 11 is 0. The Morgan fingerprint density at radius 1 is 1.50 bits per heavy atom. The molecule has 0 aliphatic carbocycles. The zero-order valence-electron chi connectivity index (χ0n) is 11.0. The minimum absolute atomic E-state index is 0.00556. The van der Waals surface area contributed by atoms with Gasteiger partial charge in [-0.15, -0.1) is 0 Å². The highest BCUT2D eigenvalue weighted by atomic mass is 16.6. The van der Waals surface area contributed by atoms with Gasteiger partial charge in [-0.25, -0.2) is 4.79 Å². The van der Waals surface area contributed by atoms with Gasteiger partial charge < -0.3 is 19.8 Å². The maximum Gasteiger partial charge on any atom is 0.407 e. The second-order valence-corrected chi connectivity index (χ2v) is 5.53. The third-order valence-electron chi connectivity index (χ3n) is 2.82. The largest absolute Gasteiger partial charge is 0.469 e. The Bertz CT molecular complexity index is 395. The van der Waals surface area contributed by atoms with Crippen molar-refractivity contribution in [3.05, 3.63) is 24.2 Å². The summed E-state index contributed by atoms with van der Waals surface area (Å²) in [5.41, 5.74) is -0.476. The van der Waals surface area contributed by atoms with Gasteiger partial charge in [-0.2, -0.15) is 0 Å². The number of furan rings is 1. The van der Waals surface area contributed by atoms with E-state index in [1.165, 1.54) is 0 Å². The van der Waals surface area contributed by atoms with Crippen LogP contribution in [-0.2, 0) is 4.74 Å². The van der Waals surface area contributed by atoms with Crippen molar-refractivity contribution in [2.75, 3.05) is 13.1 Å². The lowest BCUT2D eigenvalue weighted by molar-refractivity contribution is 0.0503. The molecule has 0 saturated carbocycles. The third-order valence-corrected chi connectivity index (χ3v) is 2.82. The summed E-state index contributed by atoms with van der Waals surface area (Å²) in [6.07, 6.45) is 1.27. The molecule has 1 aromatic heterocycles. The molecule has 18 heavy (non-hydrogen) atoms. The van der Waals surface area contributed by atoms with Crippen LogP contribution < -0.4 is 10.6 Å². The van der Waals surface area contributed by atoms with Gasteiger partial charge in [0.05, 0.1) is 18.2 Å². The second-order valence-electron chi connectivity index (χ2n) is 5.53. The van der Waals surface area contributed by atoms with E-state index in [-0.39, 0.29) is 18.1 Å². The molecule has 2 atom stereocenters. The number of amides is 1. The van der Waals surface area contributed by atoms with Crippen molar-refractivity contribution >= 4 is 6.09 Å². The maximum absolute atomic E-state index is 11.7. The SMILES string of the molecule is CC(C)(C)OC(=O)N[C@H]1CNC[C@@H]1c1ccco1. The van der Waals surface area contributed by atoms with E-state index in [2.05, 4.69) is 10.6 Å². The molecule has 1 saturated heterocycles. The summed E-state index contributed by atoms with van der Waals surface area (Å²) < 4.78 is 10.7. The molecule has 0 aromatic carbocycles. The number of rotatable bonds is 2. The van der Waals surface area contributed by atoms with E-state index in [1.54, 1.807) is 6.26 Å². The van der Waals surface area contributed by atoms with Gasteiger partial charge >= 0.3 is 6.09 Å². The number of hydrogen-bond donors (Lipinski definition) is 2. The quantitative estimate of drug-likeness (QED) is 0.843. The summed E-state index contributed by atoms with van der Waals surface area (Å²) in [7, 11) is 0. The summed E-state index contributed by atoms with van der Waals surface area (Å²) in [6, 6.07) is 3.80. The van der Waals surface area contributed by atoms with Crippen LogP contribution in [0, 0.1) is 0 Å².